The Balaban J connectivity index is 0.00000161. The third-order valence-electron chi connectivity index (χ3n) is 3.70. The Hall–Kier alpha value is -1.85. The number of nitrogens with zero attached hydrogens (tertiary/aromatic N) is 1. The number of rotatable bonds is 1. The fourth-order valence-corrected chi connectivity index (χ4v) is 2.48. The van der Waals surface area contributed by atoms with E-state index in [-0.39, 0.29) is 29.9 Å². The molecule has 1 saturated heterocycles. The van der Waals surface area contributed by atoms with Crippen LogP contribution in [-0.2, 0) is 0 Å². The van der Waals surface area contributed by atoms with Gasteiger partial charge in [0.25, 0.3) is 5.91 Å². The van der Waals surface area contributed by atoms with Crippen LogP contribution < -0.4 is 11.4 Å². The number of carbonyl (C=O) groups excluding carboxylic acids is 1. The summed E-state index contributed by atoms with van der Waals surface area (Å²) in [6.45, 7) is 1.18. The highest BCUT2D eigenvalue weighted by Crippen LogP contribution is 2.16. The Labute approximate surface area is 128 Å². The average molecular weight is 309 g/mol. The van der Waals surface area contributed by atoms with Gasteiger partial charge in [-0.1, -0.05) is 18.2 Å². The van der Waals surface area contributed by atoms with Crippen LogP contribution in [0, 0.1) is 0 Å². The molecule has 2 N–H and O–H groups in total. The monoisotopic (exact) mass is 308 g/mol. The number of amides is 1. The van der Waals surface area contributed by atoms with Gasteiger partial charge in [0.2, 0.25) is 0 Å². The van der Waals surface area contributed by atoms with Crippen LogP contribution in [0.15, 0.2) is 39.5 Å². The third-order valence-corrected chi connectivity index (χ3v) is 3.70. The van der Waals surface area contributed by atoms with Gasteiger partial charge in [-0.25, -0.2) is 4.79 Å². The summed E-state index contributed by atoms with van der Waals surface area (Å²) in [5.74, 6) is -0.267. The first-order valence-corrected chi connectivity index (χ1v) is 6.73. The highest BCUT2D eigenvalue weighted by Gasteiger charge is 2.24. The zero-order chi connectivity index (χ0) is 14.1. The summed E-state index contributed by atoms with van der Waals surface area (Å²) in [6, 6.07) is 8.92. The van der Waals surface area contributed by atoms with Crippen LogP contribution >= 0.6 is 12.4 Å². The molecule has 112 valence electrons. The van der Waals surface area contributed by atoms with Crippen LogP contribution in [-0.4, -0.2) is 29.9 Å². The second-order valence-corrected chi connectivity index (χ2v) is 5.11. The van der Waals surface area contributed by atoms with Crippen molar-refractivity contribution in [2.75, 3.05) is 13.1 Å². The number of halogens is 1. The summed E-state index contributed by atoms with van der Waals surface area (Å²) in [6.07, 6.45) is 1.54. The highest BCUT2D eigenvalue weighted by atomic mass is 35.5. The van der Waals surface area contributed by atoms with Gasteiger partial charge in [0, 0.05) is 24.5 Å². The molecule has 3 rings (SSSR count). The fraction of sp³-hybridized carbons (Fsp3) is 0.333. The van der Waals surface area contributed by atoms with Gasteiger partial charge in [0.05, 0.1) is 0 Å². The van der Waals surface area contributed by atoms with E-state index in [9.17, 15) is 9.59 Å². The first kappa shape index (κ1) is 15.5. The Morgan fingerprint density at radius 2 is 1.90 bits per heavy atom. The number of likely N-dealkylation sites (tertiary alicyclic amines) is 1. The summed E-state index contributed by atoms with van der Waals surface area (Å²) in [5, 5.41) is 0.754. The molecule has 1 fully saturated rings. The van der Waals surface area contributed by atoms with E-state index in [4.69, 9.17) is 10.2 Å². The Morgan fingerprint density at radius 3 is 2.62 bits per heavy atom. The van der Waals surface area contributed by atoms with Gasteiger partial charge in [0.1, 0.15) is 11.1 Å². The van der Waals surface area contributed by atoms with Gasteiger partial charge < -0.3 is 15.1 Å². The normalized spacial score (nSPS) is 15.8. The number of benzene rings is 1. The van der Waals surface area contributed by atoms with E-state index in [1.165, 1.54) is 0 Å². The Morgan fingerprint density at radius 1 is 1.24 bits per heavy atom. The summed E-state index contributed by atoms with van der Waals surface area (Å²) < 4.78 is 5.20. The molecule has 0 saturated carbocycles. The van der Waals surface area contributed by atoms with Gasteiger partial charge >= 0.3 is 5.63 Å². The molecule has 1 aliphatic heterocycles. The lowest BCUT2D eigenvalue weighted by molar-refractivity contribution is 0.0710. The third kappa shape index (κ3) is 3.09. The molecule has 1 aromatic carbocycles. The average Bonchev–Trinajstić information content (AvgIpc) is 2.46. The second-order valence-electron chi connectivity index (χ2n) is 5.11. The molecule has 1 amide bonds. The lowest BCUT2D eigenvalue weighted by Crippen LogP contribution is -2.43. The van der Waals surface area contributed by atoms with Gasteiger partial charge in [0.15, 0.2) is 0 Å². The summed E-state index contributed by atoms with van der Waals surface area (Å²) in [5.41, 5.74) is 5.83. The van der Waals surface area contributed by atoms with Crippen molar-refractivity contribution in [1.82, 2.24) is 4.90 Å². The van der Waals surface area contributed by atoms with E-state index in [0.29, 0.717) is 18.7 Å². The maximum atomic E-state index is 12.4. The van der Waals surface area contributed by atoms with Crippen LogP contribution in [0.1, 0.15) is 23.2 Å². The van der Waals surface area contributed by atoms with Crippen molar-refractivity contribution in [3.63, 3.8) is 0 Å². The molecular weight excluding hydrogens is 292 g/mol. The van der Waals surface area contributed by atoms with E-state index in [1.54, 1.807) is 23.1 Å². The highest BCUT2D eigenvalue weighted by molar-refractivity contribution is 5.96. The van der Waals surface area contributed by atoms with Crippen molar-refractivity contribution < 1.29 is 9.21 Å². The summed E-state index contributed by atoms with van der Waals surface area (Å²) in [4.78, 5) is 26.0. The van der Waals surface area contributed by atoms with Crippen LogP contribution in [0.2, 0.25) is 0 Å². The smallest absolute Gasteiger partial charge is 0.349 e. The van der Waals surface area contributed by atoms with E-state index >= 15 is 0 Å². The predicted molar refractivity (Wildman–Crippen MR) is 82.8 cm³/mol. The first-order chi connectivity index (χ1) is 9.65. The Bertz CT molecular complexity index is 705. The zero-order valence-corrected chi connectivity index (χ0v) is 12.3. The second kappa shape index (κ2) is 6.28. The molecule has 1 aromatic heterocycles. The number of para-hydroxylation sites is 1. The molecule has 1 aliphatic rings. The lowest BCUT2D eigenvalue weighted by atomic mass is 10.1. The number of hydrogen-bond acceptors (Lipinski definition) is 4. The molecule has 0 radical (unpaired) electrons. The number of nitrogens with two attached hydrogens (primary N) is 1. The molecule has 2 heterocycles. The van der Waals surface area contributed by atoms with Crippen LogP contribution in [0.5, 0.6) is 0 Å². The number of carbonyl (C=O) groups is 1. The van der Waals surface area contributed by atoms with E-state index in [1.807, 2.05) is 12.1 Å². The predicted octanol–water partition coefficient (Wildman–Crippen LogP) is 1.78. The van der Waals surface area contributed by atoms with Gasteiger partial charge in [-0.3, -0.25) is 4.79 Å². The maximum Gasteiger partial charge on any atom is 0.349 e. The van der Waals surface area contributed by atoms with Crippen molar-refractivity contribution >= 4 is 29.3 Å². The zero-order valence-electron chi connectivity index (χ0n) is 11.5. The molecule has 2 aromatic rings. The van der Waals surface area contributed by atoms with Crippen LogP contribution in [0.3, 0.4) is 0 Å². The topological polar surface area (TPSA) is 76.5 Å². The molecule has 21 heavy (non-hydrogen) atoms. The SMILES string of the molecule is Cl.NC1CCN(C(=O)c2cc3ccccc3oc2=O)CC1. The van der Waals surface area contributed by atoms with Gasteiger partial charge in [-0.15, -0.1) is 12.4 Å². The lowest BCUT2D eigenvalue weighted by Gasteiger charge is -2.29. The van der Waals surface area contributed by atoms with Crippen LogP contribution in [0.25, 0.3) is 11.0 Å². The van der Waals surface area contributed by atoms with Crippen LogP contribution in [0.4, 0.5) is 0 Å². The van der Waals surface area contributed by atoms with Crippen molar-refractivity contribution in [2.45, 2.75) is 18.9 Å². The number of piperidine rings is 1. The fourth-order valence-electron chi connectivity index (χ4n) is 2.48. The minimum atomic E-state index is -0.580. The molecule has 0 aliphatic carbocycles. The molecule has 0 bridgehead atoms. The minimum Gasteiger partial charge on any atom is -0.422 e. The largest absolute Gasteiger partial charge is 0.422 e. The number of fused-ring (bicyclic) bond motifs is 1. The quantitative estimate of drug-likeness (QED) is 0.815. The van der Waals surface area contributed by atoms with Crippen molar-refractivity contribution in [3.05, 3.63) is 46.3 Å². The maximum absolute atomic E-state index is 12.4. The van der Waals surface area contributed by atoms with Crippen molar-refractivity contribution in [1.29, 1.82) is 0 Å². The molecule has 0 unspecified atom stereocenters. The van der Waals surface area contributed by atoms with E-state index < -0.39 is 5.63 Å². The molecule has 5 nitrogen and oxygen atoms in total. The Kier molecular flexibility index (Phi) is 4.65. The standard InChI is InChI=1S/C15H16N2O3.ClH/c16-11-5-7-17(8-6-11)14(18)12-9-10-3-1-2-4-13(10)20-15(12)19;/h1-4,9,11H,5-8,16H2;1H. The van der Waals surface area contributed by atoms with Crippen molar-refractivity contribution in [3.8, 4) is 0 Å². The summed E-state index contributed by atoms with van der Waals surface area (Å²) >= 11 is 0. The molecule has 6 heteroatoms. The minimum absolute atomic E-state index is 0. The molecular formula is C15H17ClN2O3. The van der Waals surface area contributed by atoms with Gasteiger partial charge in [-0.05, 0) is 25.0 Å². The molecule has 0 atom stereocenters. The van der Waals surface area contributed by atoms with E-state index in [0.717, 1.165) is 18.2 Å². The van der Waals surface area contributed by atoms with Crippen molar-refractivity contribution in [2.24, 2.45) is 5.73 Å². The molecule has 0 spiro atoms. The van der Waals surface area contributed by atoms with E-state index in [2.05, 4.69) is 0 Å². The number of hydrogen-bond donors (Lipinski definition) is 1. The van der Waals surface area contributed by atoms with Gasteiger partial charge in [-0.2, -0.15) is 0 Å². The first-order valence-electron chi connectivity index (χ1n) is 6.73. The summed E-state index contributed by atoms with van der Waals surface area (Å²) in [7, 11) is 0.